The number of carbonyl (C=O) groups excluding carboxylic acids is 1. The van der Waals surface area contributed by atoms with Crippen molar-refractivity contribution in [2.75, 3.05) is 11.4 Å². The van der Waals surface area contributed by atoms with Gasteiger partial charge in [0.25, 0.3) is 0 Å². The van der Waals surface area contributed by atoms with Crippen LogP contribution in [0.25, 0.3) is 0 Å². The Hall–Kier alpha value is -1.41. The summed E-state index contributed by atoms with van der Waals surface area (Å²) in [5.41, 5.74) is 1.17. The molecule has 2 heterocycles. The largest absolute Gasteiger partial charge is 0.310 e. The topological polar surface area (TPSA) is 57.0 Å². The number of hydrogen-bond donors (Lipinski definition) is 0. The van der Waals surface area contributed by atoms with E-state index in [4.69, 9.17) is 5.26 Å². The van der Waals surface area contributed by atoms with Gasteiger partial charge in [-0.1, -0.05) is 15.9 Å². The lowest BCUT2D eigenvalue weighted by Gasteiger charge is -2.15. The standard InChI is InChI=1S/C10H8BrN3O/c11-8-2-10(15)14(6-8)9-1-7(3-12)4-13-5-9/h1,4-5,8H,2,6H2. The number of amides is 1. The molecule has 0 spiro atoms. The highest BCUT2D eigenvalue weighted by Gasteiger charge is 2.28. The highest BCUT2D eigenvalue weighted by atomic mass is 79.9. The minimum absolute atomic E-state index is 0.0637. The molecule has 0 N–H and O–H groups in total. The Morgan fingerprint density at radius 2 is 2.40 bits per heavy atom. The molecule has 4 nitrogen and oxygen atoms in total. The van der Waals surface area contributed by atoms with Gasteiger partial charge in [-0.2, -0.15) is 5.26 Å². The summed E-state index contributed by atoms with van der Waals surface area (Å²) in [6.07, 6.45) is 3.58. The number of carbonyl (C=O) groups is 1. The van der Waals surface area contributed by atoms with Gasteiger partial charge in [0.05, 0.1) is 17.4 Å². The number of anilines is 1. The number of hydrogen-bond acceptors (Lipinski definition) is 3. The van der Waals surface area contributed by atoms with Gasteiger partial charge in [0.2, 0.25) is 5.91 Å². The van der Waals surface area contributed by atoms with Crippen LogP contribution in [0.15, 0.2) is 18.5 Å². The fourth-order valence-corrected chi connectivity index (χ4v) is 2.12. The molecule has 1 fully saturated rings. The van der Waals surface area contributed by atoms with Gasteiger partial charge in [0, 0.05) is 24.0 Å². The summed E-state index contributed by atoms with van der Waals surface area (Å²) >= 11 is 3.40. The van der Waals surface area contributed by atoms with Gasteiger partial charge in [-0.25, -0.2) is 0 Å². The molecule has 5 heteroatoms. The first-order valence-corrected chi connectivity index (χ1v) is 5.42. The maximum Gasteiger partial charge on any atom is 0.228 e. The zero-order valence-corrected chi connectivity index (χ0v) is 9.44. The maximum absolute atomic E-state index is 11.6. The predicted molar refractivity (Wildman–Crippen MR) is 58.6 cm³/mol. The van der Waals surface area contributed by atoms with Gasteiger partial charge in [0.15, 0.2) is 0 Å². The number of aromatic nitrogens is 1. The zero-order chi connectivity index (χ0) is 10.8. The van der Waals surface area contributed by atoms with Gasteiger partial charge in [0.1, 0.15) is 6.07 Å². The number of nitriles is 1. The Bertz CT molecular complexity index is 441. The summed E-state index contributed by atoms with van der Waals surface area (Å²) in [6, 6.07) is 3.68. The normalized spacial score (nSPS) is 20.4. The van der Waals surface area contributed by atoms with Gasteiger partial charge >= 0.3 is 0 Å². The Labute approximate surface area is 95.7 Å². The van der Waals surface area contributed by atoms with Crippen molar-refractivity contribution in [3.05, 3.63) is 24.0 Å². The zero-order valence-electron chi connectivity index (χ0n) is 7.85. The molecular weight excluding hydrogens is 258 g/mol. The van der Waals surface area contributed by atoms with Crippen LogP contribution >= 0.6 is 15.9 Å². The molecule has 0 aliphatic carbocycles. The summed E-state index contributed by atoms with van der Waals surface area (Å²) in [5, 5.41) is 8.72. The number of halogens is 1. The molecule has 0 saturated carbocycles. The van der Waals surface area contributed by atoms with E-state index >= 15 is 0 Å². The van der Waals surface area contributed by atoms with Crippen molar-refractivity contribution in [2.45, 2.75) is 11.2 Å². The maximum atomic E-state index is 11.6. The molecule has 1 atom stereocenters. The monoisotopic (exact) mass is 265 g/mol. The van der Waals surface area contributed by atoms with Crippen molar-refractivity contribution < 1.29 is 4.79 Å². The van der Waals surface area contributed by atoms with Crippen LogP contribution < -0.4 is 4.90 Å². The summed E-state index contributed by atoms with van der Waals surface area (Å²) in [6.45, 7) is 0.634. The quantitative estimate of drug-likeness (QED) is 0.723. The van der Waals surface area contributed by atoms with Crippen molar-refractivity contribution in [3.63, 3.8) is 0 Å². The second kappa shape index (κ2) is 3.99. The van der Waals surface area contributed by atoms with Gasteiger partial charge in [-0.3, -0.25) is 9.78 Å². The molecule has 15 heavy (non-hydrogen) atoms. The average molecular weight is 266 g/mol. The van der Waals surface area contributed by atoms with E-state index in [0.717, 1.165) is 0 Å². The first-order chi connectivity index (χ1) is 7.20. The first-order valence-electron chi connectivity index (χ1n) is 4.50. The molecule has 1 aromatic heterocycles. The summed E-state index contributed by atoms with van der Waals surface area (Å²) in [5.74, 6) is 0.0637. The van der Waals surface area contributed by atoms with Crippen molar-refractivity contribution in [3.8, 4) is 6.07 Å². The predicted octanol–water partition coefficient (Wildman–Crippen LogP) is 1.45. The van der Waals surface area contributed by atoms with Gasteiger partial charge in [-0.05, 0) is 6.07 Å². The minimum Gasteiger partial charge on any atom is -0.310 e. The molecule has 0 radical (unpaired) electrons. The summed E-state index contributed by atoms with van der Waals surface area (Å²) < 4.78 is 0. The average Bonchev–Trinajstić information content (AvgIpc) is 2.58. The first kappa shape index (κ1) is 10.1. The second-order valence-electron chi connectivity index (χ2n) is 3.35. The summed E-state index contributed by atoms with van der Waals surface area (Å²) in [4.78, 5) is 17.3. The SMILES string of the molecule is N#Cc1cncc(N2CC(Br)CC2=O)c1. The Morgan fingerprint density at radius 3 is 3.00 bits per heavy atom. The second-order valence-corrected chi connectivity index (χ2v) is 4.64. The Kier molecular flexibility index (Phi) is 2.69. The third-order valence-corrected chi connectivity index (χ3v) is 2.86. The van der Waals surface area contributed by atoms with Gasteiger partial charge in [-0.15, -0.1) is 0 Å². The fraction of sp³-hybridized carbons (Fsp3) is 0.300. The molecular formula is C10H8BrN3O. The van der Waals surface area contributed by atoms with Crippen molar-refractivity contribution in [1.82, 2.24) is 4.98 Å². The molecule has 1 unspecified atom stereocenters. The van der Waals surface area contributed by atoms with Gasteiger partial charge < -0.3 is 4.90 Å². The van der Waals surface area contributed by atoms with E-state index in [1.54, 1.807) is 17.2 Å². The van der Waals surface area contributed by atoms with Crippen molar-refractivity contribution in [2.24, 2.45) is 0 Å². The van der Waals surface area contributed by atoms with Crippen LogP contribution in [-0.2, 0) is 4.79 Å². The van der Waals surface area contributed by atoms with E-state index in [-0.39, 0.29) is 10.7 Å². The van der Waals surface area contributed by atoms with Crippen LogP contribution in [0.4, 0.5) is 5.69 Å². The fourth-order valence-electron chi connectivity index (χ4n) is 1.55. The number of nitrogens with zero attached hydrogens (tertiary/aromatic N) is 3. The number of pyridine rings is 1. The van der Waals surface area contributed by atoms with E-state index in [2.05, 4.69) is 20.9 Å². The van der Waals surface area contributed by atoms with Crippen LogP contribution in [0.5, 0.6) is 0 Å². The lowest BCUT2D eigenvalue weighted by atomic mass is 10.3. The smallest absolute Gasteiger partial charge is 0.228 e. The molecule has 76 valence electrons. The van der Waals surface area contributed by atoms with Crippen LogP contribution in [-0.4, -0.2) is 22.3 Å². The summed E-state index contributed by atoms with van der Waals surface area (Å²) in [7, 11) is 0. The highest BCUT2D eigenvalue weighted by molar-refractivity contribution is 9.09. The van der Waals surface area contributed by atoms with E-state index in [1.165, 1.54) is 6.20 Å². The minimum atomic E-state index is 0.0637. The van der Waals surface area contributed by atoms with E-state index in [9.17, 15) is 4.79 Å². The lowest BCUT2D eigenvalue weighted by molar-refractivity contribution is -0.117. The third kappa shape index (κ3) is 2.00. The molecule has 1 amide bonds. The van der Waals surface area contributed by atoms with E-state index in [1.807, 2.05) is 6.07 Å². The van der Waals surface area contributed by atoms with Crippen LogP contribution in [0.1, 0.15) is 12.0 Å². The number of rotatable bonds is 1. The third-order valence-electron chi connectivity index (χ3n) is 2.24. The molecule has 1 aromatic rings. The lowest BCUT2D eigenvalue weighted by Crippen LogP contribution is -2.24. The Morgan fingerprint density at radius 1 is 1.60 bits per heavy atom. The van der Waals surface area contributed by atoms with Crippen molar-refractivity contribution >= 4 is 27.5 Å². The van der Waals surface area contributed by atoms with Crippen LogP contribution in [0.2, 0.25) is 0 Å². The molecule has 1 aliphatic heterocycles. The van der Waals surface area contributed by atoms with Crippen LogP contribution in [0.3, 0.4) is 0 Å². The Balaban J connectivity index is 2.30. The van der Waals surface area contributed by atoms with E-state index < -0.39 is 0 Å². The highest BCUT2D eigenvalue weighted by Crippen LogP contribution is 2.24. The van der Waals surface area contributed by atoms with E-state index in [0.29, 0.717) is 24.2 Å². The molecule has 0 bridgehead atoms. The molecule has 0 aromatic carbocycles. The molecule has 1 aliphatic rings. The number of alkyl halides is 1. The molecule has 2 rings (SSSR count). The van der Waals surface area contributed by atoms with Crippen LogP contribution in [0, 0.1) is 11.3 Å². The van der Waals surface area contributed by atoms with Crippen molar-refractivity contribution in [1.29, 1.82) is 5.26 Å². The molecule has 1 saturated heterocycles.